The van der Waals surface area contributed by atoms with Crippen molar-refractivity contribution in [2.45, 2.75) is 32.0 Å². The van der Waals surface area contributed by atoms with Gasteiger partial charge in [-0.25, -0.2) is 9.59 Å². The predicted octanol–water partition coefficient (Wildman–Crippen LogP) is 1.36. The van der Waals surface area contributed by atoms with Crippen molar-refractivity contribution < 1.29 is 23.5 Å². The molecule has 2 aromatic rings. The molecule has 2 unspecified atom stereocenters. The van der Waals surface area contributed by atoms with Crippen molar-refractivity contribution in [3.05, 3.63) is 70.8 Å². The smallest absolute Gasteiger partial charge is 0.338 e. The van der Waals surface area contributed by atoms with Crippen LogP contribution in [0.4, 0.5) is 4.79 Å². The Kier molecular flexibility index (Phi) is 5.77. The van der Waals surface area contributed by atoms with Crippen LogP contribution in [0.25, 0.3) is 0 Å². The van der Waals surface area contributed by atoms with Crippen molar-refractivity contribution in [1.82, 2.24) is 15.5 Å². The lowest BCUT2D eigenvalue weighted by Gasteiger charge is -2.37. The molecule has 9 heteroatoms. The van der Waals surface area contributed by atoms with Gasteiger partial charge in [-0.05, 0) is 36.6 Å². The van der Waals surface area contributed by atoms with Gasteiger partial charge >= 0.3 is 12.0 Å². The Bertz CT molecular complexity index is 1030. The van der Waals surface area contributed by atoms with Crippen LogP contribution in [-0.2, 0) is 27.3 Å². The molecular formula is C22H24N4O5. The number of ether oxygens (including phenoxy) is 1. The molecule has 0 radical (unpaired) electrons. The number of esters is 1. The Labute approximate surface area is 179 Å². The first-order valence-corrected chi connectivity index (χ1v) is 10.1. The third-order valence-corrected chi connectivity index (χ3v) is 5.51. The molecule has 1 aromatic carbocycles. The number of carbonyl (C=O) groups is 3. The Morgan fingerprint density at radius 2 is 2.00 bits per heavy atom. The first-order chi connectivity index (χ1) is 15.0. The van der Waals surface area contributed by atoms with E-state index in [4.69, 9.17) is 14.9 Å². The van der Waals surface area contributed by atoms with E-state index in [9.17, 15) is 14.4 Å². The van der Waals surface area contributed by atoms with Crippen LogP contribution in [0.2, 0.25) is 0 Å². The number of benzene rings is 1. The SMILES string of the molecule is CCOC(=O)C1=C(CN2Cc3ccccc3CC2C(N)=O)NC(=O)NC1c1ccco1. The summed E-state index contributed by atoms with van der Waals surface area (Å²) >= 11 is 0. The average Bonchev–Trinajstić information content (AvgIpc) is 3.27. The predicted molar refractivity (Wildman–Crippen MR) is 110 cm³/mol. The molecular weight excluding hydrogens is 400 g/mol. The van der Waals surface area contributed by atoms with Crippen molar-refractivity contribution >= 4 is 17.9 Å². The Balaban J connectivity index is 1.73. The summed E-state index contributed by atoms with van der Waals surface area (Å²) in [7, 11) is 0. The van der Waals surface area contributed by atoms with Crippen molar-refractivity contribution in [3.63, 3.8) is 0 Å². The highest BCUT2D eigenvalue weighted by molar-refractivity contribution is 5.95. The summed E-state index contributed by atoms with van der Waals surface area (Å²) in [6.45, 7) is 2.48. The minimum atomic E-state index is -0.804. The second-order valence-corrected chi connectivity index (χ2v) is 7.46. The molecule has 0 saturated carbocycles. The first kappa shape index (κ1) is 20.7. The second kappa shape index (κ2) is 8.65. The maximum atomic E-state index is 12.9. The monoisotopic (exact) mass is 424 g/mol. The van der Waals surface area contributed by atoms with Crippen LogP contribution >= 0.6 is 0 Å². The van der Waals surface area contributed by atoms with Crippen molar-refractivity contribution in [2.75, 3.05) is 13.2 Å². The number of nitrogens with zero attached hydrogens (tertiary/aromatic N) is 1. The molecule has 2 aliphatic heterocycles. The summed E-state index contributed by atoms with van der Waals surface area (Å²) in [5, 5.41) is 5.43. The number of nitrogens with one attached hydrogen (secondary N) is 2. The number of rotatable bonds is 6. The lowest BCUT2D eigenvalue weighted by atomic mass is 9.92. The minimum absolute atomic E-state index is 0.140. The molecule has 0 spiro atoms. The van der Waals surface area contributed by atoms with E-state index >= 15 is 0 Å². The van der Waals surface area contributed by atoms with E-state index in [0.717, 1.165) is 11.1 Å². The number of hydrogen-bond donors (Lipinski definition) is 3. The van der Waals surface area contributed by atoms with Crippen LogP contribution in [0.3, 0.4) is 0 Å². The van der Waals surface area contributed by atoms with Gasteiger partial charge in [-0.15, -0.1) is 0 Å². The largest absolute Gasteiger partial charge is 0.467 e. The number of furan rings is 1. The van der Waals surface area contributed by atoms with E-state index in [1.165, 1.54) is 6.26 Å². The summed E-state index contributed by atoms with van der Waals surface area (Å²) in [5.74, 6) is -0.624. The molecule has 4 rings (SSSR count). The summed E-state index contributed by atoms with van der Waals surface area (Å²) < 4.78 is 10.7. The standard InChI is InChI=1S/C22H24N4O5/c1-2-30-21(28)18-15(24-22(29)25-19(18)17-8-5-9-31-17)12-26-11-14-7-4-3-6-13(14)10-16(26)20(23)27/h3-9,16,19H,2,10-12H2,1H3,(H2,23,27)(H2,24,25,29). The zero-order chi connectivity index (χ0) is 22.0. The van der Waals surface area contributed by atoms with Crippen LogP contribution in [0.1, 0.15) is 29.9 Å². The van der Waals surface area contributed by atoms with E-state index in [0.29, 0.717) is 24.4 Å². The van der Waals surface area contributed by atoms with E-state index in [-0.39, 0.29) is 18.7 Å². The van der Waals surface area contributed by atoms with Crippen molar-refractivity contribution in [1.29, 1.82) is 0 Å². The fraction of sp³-hybridized carbons (Fsp3) is 0.318. The topological polar surface area (TPSA) is 127 Å². The van der Waals surface area contributed by atoms with E-state index in [2.05, 4.69) is 10.6 Å². The van der Waals surface area contributed by atoms with Gasteiger partial charge < -0.3 is 25.5 Å². The maximum Gasteiger partial charge on any atom is 0.338 e. The molecule has 0 fully saturated rings. The molecule has 9 nitrogen and oxygen atoms in total. The van der Waals surface area contributed by atoms with Crippen LogP contribution in [0.5, 0.6) is 0 Å². The van der Waals surface area contributed by atoms with Gasteiger partial charge in [0.2, 0.25) is 5.91 Å². The van der Waals surface area contributed by atoms with Crippen LogP contribution in [-0.4, -0.2) is 42.0 Å². The summed E-state index contributed by atoms with van der Waals surface area (Å²) in [4.78, 5) is 39.3. The molecule has 1 aromatic heterocycles. The number of amides is 3. The first-order valence-electron chi connectivity index (χ1n) is 10.1. The van der Waals surface area contributed by atoms with Gasteiger partial charge in [0, 0.05) is 18.8 Å². The normalized spacial score (nSPS) is 21.1. The molecule has 3 amide bonds. The van der Waals surface area contributed by atoms with E-state index in [1.54, 1.807) is 19.1 Å². The fourth-order valence-corrected chi connectivity index (χ4v) is 4.09. The molecule has 0 saturated heterocycles. The highest BCUT2D eigenvalue weighted by atomic mass is 16.5. The Morgan fingerprint density at radius 3 is 2.68 bits per heavy atom. The number of urea groups is 1. The molecule has 0 aliphatic carbocycles. The molecule has 0 bridgehead atoms. The second-order valence-electron chi connectivity index (χ2n) is 7.46. The Morgan fingerprint density at radius 1 is 1.23 bits per heavy atom. The van der Waals surface area contributed by atoms with Crippen molar-refractivity contribution in [3.8, 4) is 0 Å². The van der Waals surface area contributed by atoms with Gasteiger partial charge in [-0.3, -0.25) is 9.69 Å². The van der Waals surface area contributed by atoms with E-state index < -0.39 is 30.0 Å². The van der Waals surface area contributed by atoms with Gasteiger partial charge in [0.15, 0.2) is 0 Å². The minimum Gasteiger partial charge on any atom is -0.467 e. The number of carbonyl (C=O) groups excluding carboxylic acids is 3. The summed E-state index contributed by atoms with van der Waals surface area (Å²) in [5.41, 5.74) is 8.41. The third kappa shape index (κ3) is 4.17. The quantitative estimate of drug-likeness (QED) is 0.601. The average molecular weight is 424 g/mol. The van der Waals surface area contributed by atoms with Crippen LogP contribution in [0.15, 0.2) is 58.3 Å². The number of primary amides is 1. The number of fused-ring (bicyclic) bond motifs is 1. The summed E-state index contributed by atoms with van der Waals surface area (Å²) in [6.07, 6.45) is 1.93. The third-order valence-electron chi connectivity index (χ3n) is 5.51. The lowest BCUT2D eigenvalue weighted by molar-refractivity contribution is -0.139. The zero-order valence-corrected chi connectivity index (χ0v) is 17.1. The molecule has 2 atom stereocenters. The lowest BCUT2D eigenvalue weighted by Crippen LogP contribution is -2.53. The highest BCUT2D eigenvalue weighted by Crippen LogP contribution is 2.30. The zero-order valence-electron chi connectivity index (χ0n) is 17.1. The molecule has 162 valence electrons. The van der Waals surface area contributed by atoms with E-state index in [1.807, 2.05) is 29.2 Å². The van der Waals surface area contributed by atoms with Crippen molar-refractivity contribution in [2.24, 2.45) is 5.73 Å². The highest BCUT2D eigenvalue weighted by Gasteiger charge is 2.38. The molecule has 3 heterocycles. The molecule has 4 N–H and O–H groups in total. The van der Waals surface area contributed by atoms with Crippen LogP contribution < -0.4 is 16.4 Å². The van der Waals surface area contributed by atoms with Crippen LogP contribution in [0, 0.1) is 0 Å². The fourth-order valence-electron chi connectivity index (χ4n) is 4.09. The Hall–Kier alpha value is -3.59. The van der Waals surface area contributed by atoms with Gasteiger partial charge in [0.25, 0.3) is 0 Å². The molecule has 2 aliphatic rings. The number of hydrogen-bond acceptors (Lipinski definition) is 6. The summed E-state index contributed by atoms with van der Waals surface area (Å²) in [6, 6.07) is 9.34. The van der Waals surface area contributed by atoms with Gasteiger partial charge in [0.05, 0.1) is 24.5 Å². The number of nitrogens with two attached hydrogens (primary N) is 1. The maximum absolute atomic E-state index is 12.9. The van der Waals surface area contributed by atoms with Gasteiger partial charge in [-0.2, -0.15) is 0 Å². The van der Waals surface area contributed by atoms with Gasteiger partial charge in [0.1, 0.15) is 11.8 Å². The van der Waals surface area contributed by atoms with Gasteiger partial charge in [-0.1, -0.05) is 24.3 Å². The molecule has 31 heavy (non-hydrogen) atoms.